The smallest absolute Gasteiger partial charge is 0.0558 e. The molecule has 0 aliphatic heterocycles. The molecule has 70 heavy (non-hydrogen) atoms. The molecule has 0 atom stereocenters. The molecule has 1 aliphatic carbocycles. The van der Waals surface area contributed by atoms with Crippen LogP contribution in [0.3, 0.4) is 0 Å². The number of nitrogens with zero attached hydrogens (tertiary/aromatic N) is 4. The molecule has 0 N–H and O–H groups in total. The van der Waals surface area contributed by atoms with Gasteiger partial charge in [-0.1, -0.05) is 48.5 Å². The van der Waals surface area contributed by atoms with Crippen molar-refractivity contribution in [1.29, 1.82) is 0 Å². The fourth-order valence-corrected chi connectivity index (χ4v) is 11.8. The molecule has 0 fully saturated rings. The van der Waals surface area contributed by atoms with Crippen LogP contribution in [0.2, 0.25) is 0 Å². The quantitative estimate of drug-likeness (QED) is 0.159. The minimum Gasteiger partial charge on any atom is -0.0558 e. The van der Waals surface area contributed by atoms with Crippen molar-refractivity contribution in [2.45, 2.75) is 104 Å². The molecule has 10 aromatic rings. The number of ether oxygens (including phenoxy) is 1. The number of rotatable bonds is 7. The Labute approximate surface area is 423 Å². The summed E-state index contributed by atoms with van der Waals surface area (Å²) < 4.78 is 15.2. The van der Waals surface area contributed by atoms with Gasteiger partial charge in [0.2, 0.25) is 0 Å². The van der Waals surface area contributed by atoms with Crippen LogP contribution in [0.5, 0.6) is 11.5 Å². The van der Waals surface area contributed by atoms with Crippen LogP contribution in [0.25, 0.3) is 72.3 Å². The summed E-state index contributed by atoms with van der Waals surface area (Å²) in [7, 11) is 0. The first-order valence-corrected chi connectivity index (χ1v) is 25.9. The fraction of sp³-hybridized carbons (Fsp3) is 0.250. The van der Waals surface area contributed by atoms with Crippen molar-refractivity contribution in [3.8, 4) is 50.9 Å². The van der Waals surface area contributed by atoms with Gasteiger partial charge in [0.1, 0.15) is 0 Å². The summed E-state index contributed by atoms with van der Waals surface area (Å²) >= 11 is 2.54. The Kier molecular flexibility index (Phi) is 11.0. The maximum absolute atomic E-state index is 6.97. The number of benzene rings is 7. The van der Waals surface area contributed by atoms with E-state index in [-0.39, 0.29) is 21.7 Å². The molecule has 0 radical (unpaired) electrons. The summed E-state index contributed by atoms with van der Waals surface area (Å²) in [5.41, 5.74) is 16.8. The van der Waals surface area contributed by atoms with E-state index in [2.05, 4.69) is 266 Å². The molecule has 0 saturated heterocycles. The summed E-state index contributed by atoms with van der Waals surface area (Å²) in [6, 6.07) is 59.8. The van der Waals surface area contributed by atoms with Gasteiger partial charge in [0.05, 0.1) is 0 Å². The normalized spacial score (nSPS) is 14.6. The minimum atomic E-state index is -0.0683. The van der Waals surface area contributed by atoms with Gasteiger partial charge in [0.15, 0.2) is 0 Å². The van der Waals surface area contributed by atoms with Crippen LogP contribution < -0.4 is 4.74 Å². The second kappa shape index (κ2) is 16.8. The Hall–Kier alpha value is -6.55. The molecule has 0 amide bonds. The van der Waals surface area contributed by atoms with Gasteiger partial charge in [-0.3, -0.25) is 0 Å². The first kappa shape index (κ1) is 45.9. The first-order valence-electron chi connectivity index (χ1n) is 24.7. The zero-order valence-electron chi connectivity index (χ0n) is 42.1. The summed E-state index contributed by atoms with van der Waals surface area (Å²) in [4.78, 5) is 5.07. The van der Waals surface area contributed by atoms with Crippen LogP contribution in [-0.2, 0) is 41.0 Å². The van der Waals surface area contributed by atoms with Crippen LogP contribution in [0.15, 0.2) is 170 Å². The number of fused-ring (bicyclic) bond motifs is 5. The molecule has 3 heterocycles. The molecule has 0 unspecified atom stereocenters. The predicted molar refractivity (Wildman–Crippen MR) is 288 cm³/mol. The summed E-state index contributed by atoms with van der Waals surface area (Å²) in [5, 5.41) is 2.44. The zero-order valence-corrected chi connectivity index (χ0v) is 44.4. The molecule has 5 nitrogen and oxygen atoms in total. The number of aromatic nitrogens is 4. The van der Waals surface area contributed by atoms with E-state index in [0.29, 0.717) is 0 Å². The zero-order chi connectivity index (χ0) is 48.9. The molecule has 11 rings (SSSR count). The summed E-state index contributed by atoms with van der Waals surface area (Å²) in [5.74, 6) is 2.45. The SMILES string of the molecule is CC(C)(C)c1ccnc(-n2c3cc(Oc4cccc(-n5[c](=[Pt])n(-c6c(-c7ccccc7)cc(C(C)(C)C)cc6-c6ccccc6)c6ccccc65)c4)ccc3c3cc4c(cc32)C(C)(C)CCC4(C)C)c1. The van der Waals surface area contributed by atoms with Crippen molar-refractivity contribution >= 4 is 32.8 Å². The van der Waals surface area contributed by atoms with E-state index in [9.17, 15) is 0 Å². The Morgan fingerprint density at radius 2 is 1.04 bits per heavy atom. The monoisotopic (exact) mass is 1100 g/mol. The van der Waals surface area contributed by atoms with E-state index in [1.165, 1.54) is 60.8 Å². The Bertz CT molecular complexity index is 3660. The van der Waals surface area contributed by atoms with Crippen LogP contribution >= 0.6 is 0 Å². The predicted octanol–water partition coefficient (Wildman–Crippen LogP) is 17.1. The summed E-state index contributed by atoms with van der Waals surface area (Å²) in [6.07, 6.45) is 4.28. The van der Waals surface area contributed by atoms with Crippen molar-refractivity contribution in [3.63, 3.8) is 0 Å². The van der Waals surface area contributed by atoms with E-state index in [1.807, 2.05) is 6.20 Å². The Morgan fingerprint density at radius 3 is 1.66 bits per heavy atom. The van der Waals surface area contributed by atoms with Crippen molar-refractivity contribution in [2.24, 2.45) is 0 Å². The molecule has 6 heteroatoms. The molecular formula is C64H62N4OPt. The third-order valence-electron chi connectivity index (χ3n) is 14.9. The number of imidazole rings is 1. The molecule has 3 aromatic heterocycles. The number of para-hydroxylation sites is 2. The van der Waals surface area contributed by atoms with Crippen LogP contribution in [0.1, 0.15) is 104 Å². The van der Waals surface area contributed by atoms with Gasteiger partial charge < -0.3 is 0 Å². The molecule has 0 bridgehead atoms. The number of hydrogen-bond donors (Lipinski definition) is 0. The molecule has 354 valence electrons. The maximum atomic E-state index is 6.97. The number of hydrogen-bond acceptors (Lipinski definition) is 2. The average molecular weight is 1100 g/mol. The molecule has 7 aromatic carbocycles. The van der Waals surface area contributed by atoms with Gasteiger partial charge in [-0.05, 0) is 51.8 Å². The first-order chi connectivity index (χ1) is 33.4. The van der Waals surface area contributed by atoms with Crippen LogP contribution in [0.4, 0.5) is 0 Å². The molecule has 0 spiro atoms. The fourth-order valence-electron chi connectivity index (χ4n) is 10.8. The molecule has 1 aliphatic rings. The van der Waals surface area contributed by atoms with E-state index in [0.717, 1.165) is 61.9 Å². The van der Waals surface area contributed by atoms with Gasteiger partial charge >= 0.3 is 320 Å². The molecular weight excluding hydrogens is 1040 g/mol. The van der Waals surface area contributed by atoms with E-state index >= 15 is 0 Å². The van der Waals surface area contributed by atoms with Crippen molar-refractivity contribution in [1.82, 2.24) is 18.7 Å². The third-order valence-corrected chi connectivity index (χ3v) is 16.0. The van der Waals surface area contributed by atoms with Crippen molar-refractivity contribution < 1.29 is 24.1 Å². The van der Waals surface area contributed by atoms with E-state index < -0.39 is 0 Å². The third kappa shape index (κ3) is 7.91. The van der Waals surface area contributed by atoms with Crippen molar-refractivity contribution in [2.75, 3.05) is 0 Å². The van der Waals surface area contributed by atoms with E-state index in [1.54, 1.807) is 0 Å². The average Bonchev–Trinajstić information content (AvgIpc) is 3.82. The second-order valence-corrected chi connectivity index (χ2v) is 23.8. The standard InChI is InChI=1S/C64H62N4O.Pt/c1-61(2,3)44-30-33-65-59(36-44)68-57-38-48(28-29-49(57)52-39-53-54(40-58(52)68)64(9,10)32-31-63(53,7)8)69-47-25-19-24-46(37-47)66-41-67(56-27-18-17-26-55(56)66)60-50(42-20-13-11-14-21-42)34-45(62(4,5)6)35-51(60)43-22-15-12-16-23-43;/h11-30,33-40H,31-32H2,1-10H3;. The minimum absolute atomic E-state index is 0.0334. The molecule has 0 saturated carbocycles. The van der Waals surface area contributed by atoms with Gasteiger partial charge in [0.25, 0.3) is 0 Å². The second-order valence-electron chi connectivity index (χ2n) is 22.8. The number of pyridine rings is 1. The summed E-state index contributed by atoms with van der Waals surface area (Å²) in [6.45, 7) is 23.3. The van der Waals surface area contributed by atoms with Crippen LogP contribution in [0, 0.1) is 3.80 Å². The van der Waals surface area contributed by atoms with Crippen LogP contribution in [-0.4, -0.2) is 18.7 Å². The van der Waals surface area contributed by atoms with E-state index in [4.69, 9.17) is 9.72 Å². The van der Waals surface area contributed by atoms with Gasteiger partial charge in [0, 0.05) is 6.20 Å². The van der Waals surface area contributed by atoms with Gasteiger partial charge in [-0.25, -0.2) is 0 Å². The van der Waals surface area contributed by atoms with Gasteiger partial charge in [-0.15, -0.1) is 0 Å². The van der Waals surface area contributed by atoms with Crippen molar-refractivity contribution in [3.05, 3.63) is 196 Å². The Balaban J connectivity index is 1.08. The van der Waals surface area contributed by atoms with Gasteiger partial charge in [-0.2, -0.15) is 0 Å². The Morgan fingerprint density at radius 1 is 0.486 bits per heavy atom. The topological polar surface area (TPSA) is 36.9 Å².